The first-order valence-corrected chi connectivity index (χ1v) is 7.43. The fourth-order valence-corrected chi connectivity index (χ4v) is 2.59. The molecule has 21 heavy (non-hydrogen) atoms. The first-order valence-electron chi connectivity index (χ1n) is 7.43. The van der Waals surface area contributed by atoms with Gasteiger partial charge < -0.3 is 14.6 Å². The van der Waals surface area contributed by atoms with Crippen molar-refractivity contribution in [2.75, 3.05) is 13.7 Å². The van der Waals surface area contributed by atoms with E-state index in [9.17, 15) is 0 Å². The molecule has 1 N–H and O–H groups in total. The van der Waals surface area contributed by atoms with E-state index in [4.69, 9.17) is 4.74 Å². The fourth-order valence-electron chi connectivity index (χ4n) is 2.59. The highest BCUT2D eigenvalue weighted by Crippen LogP contribution is 2.29. The van der Waals surface area contributed by atoms with Gasteiger partial charge in [0.05, 0.1) is 25.2 Å². The van der Waals surface area contributed by atoms with Crippen LogP contribution in [0.2, 0.25) is 0 Å². The molecule has 114 valence electrons. The maximum Gasteiger partial charge on any atom is 0.122 e. The van der Waals surface area contributed by atoms with Crippen molar-refractivity contribution in [3.05, 3.63) is 47.0 Å². The summed E-state index contributed by atoms with van der Waals surface area (Å²) >= 11 is 0. The van der Waals surface area contributed by atoms with Crippen LogP contribution >= 0.6 is 0 Å². The Labute approximate surface area is 127 Å². The van der Waals surface area contributed by atoms with Crippen LogP contribution in [0.25, 0.3) is 0 Å². The molecule has 1 aromatic carbocycles. The Morgan fingerprint density at radius 1 is 1.29 bits per heavy atom. The zero-order valence-corrected chi connectivity index (χ0v) is 13.6. The third-order valence-electron chi connectivity index (χ3n) is 3.71. The monoisotopic (exact) mass is 287 g/mol. The standard InChI is InChI=1S/C17H25N3O/c1-6-7-18-17(15-10-20(4)11-19-15)14-8-13(3)16(21-5)9-12(14)2/h8-11,17-18H,6-7H2,1-5H3. The van der Waals surface area contributed by atoms with E-state index in [1.807, 2.05) is 17.9 Å². The molecule has 2 rings (SSSR count). The SMILES string of the molecule is CCCNC(c1cn(C)cn1)c1cc(C)c(OC)cc1C. The fraction of sp³-hybridized carbons (Fsp3) is 0.471. The molecule has 0 aliphatic heterocycles. The Morgan fingerprint density at radius 2 is 2.05 bits per heavy atom. The van der Waals surface area contributed by atoms with Crippen LogP contribution in [0.4, 0.5) is 0 Å². The van der Waals surface area contributed by atoms with Crippen LogP contribution in [0.5, 0.6) is 5.75 Å². The predicted molar refractivity (Wildman–Crippen MR) is 85.8 cm³/mol. The van der Waals surface area contributed by atoms with Gasteiger partial charge in [-0.05, 0) is 49.6 Å². The van der Waals surface area contributed by atoms with Gasteiger partial charge in [-0.3, -0.25) is 0 Å². The van der Waals surface area contributed by atoms with Crippen LogP contribution in [0, 0.1) is 13.8 Å². The molecule has 1 atom stereocenters. The second-order valence-electron chi connectivity index (χ2n) is 5.53. The Balaban J connectivity index is 2.43. The second-order valence-corrected chi connectivity index (χ2v) is 5.53. The van der Waals surface area contributed by atoms with Crippen LogP contribution in [0.1, 0.15) is 41.8 Å². The molecule has 0 aliphatic carbocycles. The molecule has 0 spiro atoms. The highest BCUT2D eigenvalue weighted by Gasteiger charge is 2.19. The number of nitrogens with zero attached hydrogens (tertiary/aromatic N) is 2. The molecule has 1 heterocycles. The maximum absolute atomic E-state index is 5.41. The summed E-state index contributed by atoms with van der Waals surface area (Å²) in [6.07, 6.45) is 5.02. The molecule has 0 radical (unpaired) electrons. The topological polar surface area (TPSA) is 39.1 Å². The number of imidazole rings is 1. The molecule has 0 aliphatic rings. The van der Waals surface area contributed by atoms with Crippen LogP contribution in [-0.2, 0) is 7.05 Å². The van der Waals surface area contributed by atoms with Crippen molar-refractivity contribution < 1.29 is 4.74 Å². The summed E-state index contributed by atoms with van der Waals surface area (Å²) in [5.74, 6) is 0.937. The van der Waals surface area contributed by atoms with Crippen LogP contribution in [0.15, 0.2) is 24.7 Å². The minimum Gasteiger partial charge on any atom is -0.496 e. The van der Waals surface area contributed by atoms with Crippen molar-refractivity contribution in [1.29, 1.82) is 0 Å². The highest BCUT2D eigenvalue weighted by atomic mass is 16.5. The van der Waals surface area contributed by atoms with Gasteiger partial charge in [-0.2, -0.15) is 0 Å². The highest BCUT2D eigenvalue weighted by molar-refractivity contribution is 5.44. The lowest BCUT2D eigenvalue weighted by Gasteiger charge is -2.21. The van der Waals surface area contributed by atoms with Gasteiger partial charge in [-0.15, -0.1) is 0 Å². The van der Waals surface area contributed by atoms with Gasteiger partial charge in [0.2, 0.25) is 0 Å². The quantitative estimate of drug-likeness (QED) is 0.887. The van der Waals surface area contributed by atoms with Crippen LogP contribution in [-0.4, -0.2) is 23.2 Å². The smallest absolute Gasteiger partial charge is 0.122 e. The second kappa shape index (κ2) is 6.76. The summed E-state index contributed by atoms with van der Waals surface area (Å²) in [5, 5.41) is 3.60. The normalized spacial score (nSPS) is 12.4. The Morgan fingerprint density at radius 3 is 2.62 bits per heavy atom. The number of ether oxygens (including phenoxy) is 1. The number of nitrogens with one attached hydrogen (secondary N) is 1. The molecular weight excluding hydrogens is 262 g/mol. The van der Waals surface area contributed by atoms with E-state index >= 15 is 0 Å². The number of benzene rings is 1. The number of hydrogen-bond acceptors (Lipinski definition) is 3. The molecule has 0 saturated heterocycles. The molecular formula is C17H25N3O. The van der Waals surface area contributed by atoms with Crippen molar-refractivity contribution in [2.24, 2.45) is 7.05 Å². The lowest BCUT2D eigenvalue weighted by atomic mass is 9.96. The van der Waals surface area contributed by atoms with Gasteiger partial charge in [0, 0.05) is 13.2 Å². The Hall–Kier alpha value is -1.81. The van der Waals surface area contributed by atoms with Crippen LogP contribution < -0.4 is 10.1 Å². The first-order chi connectivity index (χ1) is 10.1. The van der Waals surface area contributed by atoms with Crippen molar-refractivity contribution in [3.63, 3.8) is 0 Å². The average molecular weight is 287 g/mol. The van der Waals surface area contributed by atoms with E-state index in [0.29, 0.717) is 0 Å². The van der Waals surface area contributed by atoms with Gasteiger partial charge in [0.25, 0.3) is 0 Å². The summed E-state index contributed by atoms with van der Waals surface area (Å²) in [6, 6.07) is 4.43. The molecule has 2 aromatic rings. The van der Waals surface area contributed by atoms with Crippen molar-refractivity contribution in [3.8, 4) is 5.75 Å². The largest absolute Gasteiger partial charge is 0.496 e. The minimum absolute atomic E-state index is 0.121. The van der Waals surface area contributed by atoms with Crippen LogP contribution in [0.3, 0.4) is 0 Å². The van der Waals surface area contributed by atoms with Gasteiger partial charge >= 0.3 is 0 Å². The van der Waals surface area contributed by atoms with Gasteiger partial charge in [-0.1, -0.05) is 13.0 Å². The summed E-state index contributed by atoms with van der Waals surface area (Å²) in [7, 11) is 3.71. The molecule has 1 aromatic heterocycles. The van der Waals surface area contributed by atoms with Crippen molar-refractivity contribution in [2.45, 2.75) is 33.2 Å². The maximum atomic E-state index is 5.41. The number of rotatable bonds is 6. The number of methoxy groups -OCH3 is 1. The van der Waals surface area contributed by atoms with Gasteiger partial charge in [-0.25, -0.2) is 4.98 Å². The van der Waals surface area contributed by atoms with E-state index in [1.54, 1.807) is 7.11 Å². The minimum atomic E-state index is 0.121. The zero-order valence-electron chi connectivity index (χ0n) is 13.6. The Bertz CT molecular complexity index is 604. The summed E-state index contributed by atoms with van der Waals surface area (Å²) in [6.45, 7) is 7.35. The first kappa shape index (κ1) is 15.6. The number of hydrogen-bond donors (Lipinski definition) is 1. The van der Waals surface area contributed by atoms with E-state index in [2.05, 4.69) is 49.4 Å². The van der Waals surface area contributed by atoms with Gasteiger partial charge in [0.1, 0.15) is 5.75 Å². The number of aryl methyl sites for hydroxylation is 3. The molecule has 0 bridgehead atoms. The molecule has 0 fully saturated rings. The molecule has 0 saturated carbocycles. The summed E-state index contributed by atoms with van der Waals surface area (Å²) < 4.78 is 7.40. The Kier molecular flexibility index (Phi) is 5.02. The molecule has 4 heteroatoms. The van der Waals surface area contributed by atoms with Crippen molar-refractivity contribution >= 4 is 0 Å². The number of aromatic nitrogens is 2. The lowest BCUT2D eigenvalue weighted by Crippen LogP contribution is -2.24. The van der Waals surface area contributed by atoms with E-state index in [-0.39, 0.29) is 6.04 Å². The third kappa shape index (κ3) is 3.45. The summed E-state index contributed by atoms with van der Waals surface area (Å²) in [5.41, 5.74) is 4.69. The van der Waals surface area contributed by atoms with Crippen molar-refractivity contribution in [1.82, 2.24) is 14.9 Å². The van der Waals surface area contributed by atoms with E-state index in [0.717, 1.165) is 30.0 Å². The summed E-state index contributed by atoms with van der Waals surface area (Å²) in [4.78, 5) is 4.53. The molecule has 1 unspecified atom stereocenters. The lowest BCUT2D eigenvalue weighted by molar-refractivity contribution is 0.411. The average Bonchev–Trinajstić information content (AvgIpc) is 2.89. The van der Waals surface area contributed by atoms with Gasteiger partial charge in [0.15, 0.2) is 0 Å². The zero-order chi connectivity index (χ0) is 15.4. The van der Waals surface area contributed by atoms with E-state index < -0.39 is 0 Å². The molecule has 4 nitrogen and oxygen atoms in total. The third-order valence-corrected chi connectivity index (χ3v) is 3.71. The predicted octanol–water partition coefficient (Wildman–Crippen LogP) is 3.13. The van der Waals surface area contributed by atoms with E-state index in [1.165, 1.54) is 11.1 Å². The molecule has 0 amide bonds.